The number of carbonyl (C=O) groups is 2. The van der Waals surface area contributed by atoms with Crippen molar-refractivity contribution in [1.82, 2.24) is 10.2 Å². The van der Waals surface area contributed by atoms with E-state index < -0.39 is 9.84 Å². The van der Waals surface area contributed by atoms with Crippen LogP contribution in [0.2, 0.25) is 0 Å². The SMILES string of the molecule is CC(C)NC(=O)c1cccc2c1CCCN2CC(=O)N(C)C1CCS(=O)(=O)C1. The quantitative estimate of drug-likeness (QED) is 0.793. The molecule has 1 aromatic rings. The first-order valence-electron chi connectivity index (χ1n) is 9.82. The van der Waals surface area contributed by atoms with E-state index >= 15 is 0 Å². The van der Waals surface area contributed by atoms with Gasteiger partial charge in [-0.2, -0.15) is 0 Å². The lowest BCUT2D eigenvalue weighted by Gasteiger charge is -2.34. The van der Waals surface area contributed by atoms with Crippen LogP contribution in [0.15, 0.2) is 18.2 Å². The van der Waals surface area contributed by atoms with E-state index in [1.165, 1.54) is 0 Å². The Bertz CT molecular complexity index is 866. The molecule has 0 aliphatic carbocycles. The van der Waals surface area contributed by atoms with Crippen molar-refractivity contribution in [2.45, 2.75) is 45.2 Å². The minimum atomic E-state index is -3.03. The molecule has 0 radical (unpaired) electrons. The second-order valence-electron chi connectivity index (χ2n) is 8.02. The number of rotatable bonds is 5. The van der Waals surface area contributed by atoms with Crippen molar-refractivity contribution in [3.8, 4) is 0 Å². The molecule has 154 valence electrons. The molecule has 1 fully saturated rings. The molecule has 2 heterocycles. The second-order valence-corrected chi connectivity index (χ2v) is 10.2. The van der Waals surface area contributed by atoms with E-state index in [-0.39, 0.29) is 41.9 Å². The molecular weight excluding hydrogens is 378 g/mol. The van der Waals surface area contributed by atoms with Gasteiger partial charge in [-0.05, 0) is 50.8 Å². The van der Waals surface area contributed by atoms with Crippen molar-refractivity contribution in [3.63, 3.8) is 0 Å². The fourth-order valence-electron chi connectivity index (χ4n) is 3.98. The predicted molar refractivity (Wildman–Crippen MR) is 109 cm³/mol. The van der Waals surface area contributed by atoms with Gasteiger partial charge in [-0.15, -0.1) is 0 Å². The number of hydrogen-bond donors (Lipinski definition) is 1. The summed E-state index contributed by atoms with van der Waals surface area (Å²) in [5.74, 6) is 0.0157. The van der Waals surface area contributed by atoms with Crippen molar-refractivity contribution >= 4 is 27.3 Å². The summed E-state index contributed by atoms with van der Waals surface area (Å²) in [6, 6.07) is 5.45. The third kappa shape index (κ3) is 4.48. The van der Waals surface area contributed by atoms with Gasteiger partial charge < -0.3 is 15.1 Å². The molecule has 0 bridgehead atoms. The average molecular weight is 408 g/mol. The van der Waals surface area contributed by atoms with Gasteiger partial charge in [0.1, 0.15) is 0 Å². The third-order valence-electron chi connectivity index (χ3n) is 5.49. The van der Waals surface area contributed by atoms with Crippen LogP contribution in [-0.4, -0.2) is 68.9 Å². The maximum Gasteiger partial charge on any atom is 0.251 e. The first-order chi connectivity index (χ1) is 13.2. The summed E-state index contributed by atoms with van der Waals surface area (Å²) in [6.45, 7) is 4.79. The van der Waals surface area contributed by atoms with Crippen molar-refractivity contribution in [2.24, 2.45) is 0 Å². The smallest absolute Gasteiger partial charge is 0.251 e. The second kappa shape index (κ2) is 8.11. The molecule has 1 atom stereocenters. The minimum Gasteiger partial charge on any atom is -0.362 e. The van der Waals surface area contributed by atoms with Gasteiger partial charge in [0.2, 0.25) is 5.91 Å². The Morgan fingerprint density at radius 2 is 2.07 bits per heavy atom. The molecule has 2 aliphatic heterocycles. The topological polar surface area (TPSA) is 86.8 Å². The molecule has 7 nitrogen and oxygen atoms in total. The molecule has 3 rings (SSSR count). The highest BCUT2D eigenvalue weighted by molar-refractivity contribution is 7.91. The largest absolute Gasteiger partial charge is 0.362 e. The van der Waals surface area contributed by atoms with Crippen LogP contribution < -0.4 is 10.2 Å². The number of hydrogen-bond acceptors (Lipinski definition) is 5. The Kier molecular flexibility index (Phi) is 5.98. The Morgan fingerprint density at radius 1 is 1.32 bits per heavy atom. The lowest BCUT2D eigenvalue weighted by atomic mass is 9.95. The molecule has 0 saturated carbocycles. The van der Waals surface area contributed by atoms with Crippen molar-refractivity contribution in [2.75, 3.05) is 36.5 Å². The molecule has 1 saturated heterocycles. The van der Waals surface area contributed by atoms with Crippen LogP contribution in [0.4, 0.5) is 5.69 Å². The Labute approximate surface area is 167 Å². The van der Waals surface area contributed by atoms with Crippen molar-refractivity contribution in [3.05, 3.63) is 29.3 Å². The van der Waals surface area contributed by atoms with Gasteiger partial charge in [-0.1, -0.05) is 6.07 Å². The molecule has 0 aromatic heterocycles. The third-order valence-corrected chi connectivity index (χ3v) is 7.24. The molecule has 2 amide bonds. The summed E-state index contributed by atoms with van der Waals surface area (Å²) >= 11 is 0. The summed E-state index contributed by atoms with van der Waals surface area (Å²) in [5, 5.41) is 2.94. The van der Waals surface area contributed by atoms with Gasteiger partial charge in [-0.25, -0.2) is 8.42 Å². The monoisotopic (exact) mass is 407 g/mol. The van der Waals surface area contributed by atoms with Crippen LogP contribution in [0.5, 0.6) is 0 Å². The molecule has 0 spiro atoms. The maximum absolute atomic E-state index is 12.8. The van der Waals surface area contributed by atoms with E-state index in [4.69, 9.17) is 0 Å². The highest BCUT2D eigenvalue weighted by Gasteiger charge is 2.33. The van der Waals surface area contributed by atoms with Crippen LogP contribution in [0.25, 0.3) is 0 Å². The van der Waals surface area contributed by atoms with Crippen molar-refractivity contribution < 1.29 is 18.0 Å². The number of fused-ring (bicyclic) bond motifs is 1. The van der Waals surface area contributed by atoms with Gasteiger partial charge in [0, 0.05) is 36.9 Å². The maximum atomic E-state index is 12.8. The van der Waals surface area contributed by atoms with Crippen LogP contribution in [0.3, 0.4) is 0 Å². The molecular formula is C20H29N3O4S. The van der Waals surface area contributed by atoms with Gasteiger partial charge in [-0.3, -0.25) is 9.59 Å². The lowest BCUT2D eigenvalue weighted by molar-refractivity contribution is -0.130. The Hall–Kier alpha value is -2.09. The number of nitrogens with zero attached hydrogens (tertiary/aromatic N) is 2. The average Bonchev–Trinajstić information content (AvgIpc) is 3.00. The van der Waals surface area contributed by atoms with E-state index in [0.29, 0.717) is 12.0 Å². The summed E-state index contributed by atoms with van der Waals surface area (Å²) in [4.78, 5) is 28.9. The zero-order chi connectivity index (χ0) is 20.5. The van der Waals surface area contributed by atoms with Crippen LogP contribution in [0, 0.1) is 0 Å². The normalized spacial score (nSPS) is 20.7. The number of amides is 2. The van der Waals surface area contributed by atoms with E-state index in [1.54, 1.807) is 11.9 Å². The number of likely N-dealkylation sites (N-methyl/N-ethyl adjacent to an activating group) is 1. The zero-order valence-electron chi connectivity index (χ0n) is 16.8. The van der Waals surface area contributed by atoms with E-state index in [9.17, 15) is 18.0 Å². The summed E-state index contributed by atoms with van der Waals surface area (Å²) < 4.78 is 23.4. The van der Waals surface area contributed by atoms with Gasteiger partial charge in [0.15, 0.2) is 9.84 Å². The van der Waals surface area contributed by atoms with Gasteiger partial charge in [0.25, 0.3) is 5.91 Å². The fraction of sp³-hybridized carbons (Fsp3) is 0.600. The number of anilines is 1. The lowest BCUT2D eigenvalue weighted by Crippen LogP contribution is -2.45. The molecule has 1 N–H and O–H groups in total. The predicted octanol–water partition coefficient (Wildman–Crippen LogP) is 1.22. The molecule has 1 aromatic carbocycles. The van der Waals surface area contributed by atoms with E-state index in [1.807, 2.05) is 36.9 Å². The van der Waals surface area contributed by atoms with Crippen LogP contribution in [-0.2, 0) is 21.1 Å². The number of nitrogens with one attached hydrogen (secondary N) is 1. The van der Waals surface area contributed by atoms with E-state index in [0.717, 1.165) is 30.6 Å². The van der Waals surface area contributed by atoms with Crippen molar-refractivity contribution in [1.29, 1.82) is 0 Å². The molecule has 28 heavy (non-hydrogen) atoms. The zero-order valence-corrected chi connectivity index (χ0v) is 17.6. The molecule has 1 unspecified atom stereocenters. The molecule has 8 heteroatoms. The first-order valence-corrected chi connectivity index (χ1v) is 11.6. The highest BCUT2D eigenvalue weighted by Crippen LogP contribution is 2.30. The number of carbonyl (C=O) groups excluding carboxylic acids is 2. The van der Waals surface area contributed by atoms with Gasteiger partial charge >= 0.3 is 0 Å². The minimum absolute atomic E-state index is 0.0470. The van der Waals surface area contributed by atoms with E-state index in [2.05, 4.69) is 5.32 Å². The first kappa shape index (κ1) is 20.6. The summed E-state index contributed by atoms with van der Waals surface area (Å²) in [6.07, 6.45) is 2.17. The molecule has 2 aliphatic rings. The Morgan fingerprint density at radius 3 is 2.71 bits per heavy atom. The van der Waals surface area contributed by atoms with Crippen LogP contribution >= 0.6 is 0 Å². The highest BCUT2D eigenvalue weighted by atomic mass is 32.2. The Balaban J connectivity index is 1.75. The van der Waals surface area contributed by atoms with Crippen LogP contribution in [0.1, 0.15) is 42.6 Å². The summed E-state index contributed by atoms with van der Waals surface area (Å²) in [5.41, 5.74) is 2.56. The summed E-state index contributed by atoms with van der Waals surface area (Å²) in [7, 11) is -1.35. The van der Waals surface area contributed by atoms with Gasteiger partial charge in [0.05, 0.1) is 18.1 Å². The standard InChI is InChI=1S/C20H29N3O4S/c1-14(2)21-20(25)17-6-4-8-18-16(17)7-5-10-23(18)12-19(24)22(3)15-9-11-28(26,27)13-15/h4,6,8,14-15H,5,7,9-13H2,1-3H3,(H,21,25). The fourth-order valence-corrected chi connectivity index (χ4v) is 5.75. The number of sulfone groups is 1. The number of benzene rings is 1.